The van der Waals surface area contributed by atoms with Gasteiger partial charge in [0.2, 0.25) is 0 Å². The summed E-state index contributed by atoms with van der Waals surface area (Å²) >= 11 is 0. The van der Waals surface area contributed by atoms with Crippen molar-refractivity contribution in [1.29, 1.82) is 0 Å². The van der Waals surface area contributed by atoms with E-state index >= 15 is 0 Å². The second-order valence-electron chi connectivity index (χ2n) is 5.44. The van der Waals surface area contributed by atoms with Gasteiger partial charge in [0.15, 0.2) is 12.1 Å². The minimum atomic E-state index is -4.73. The zero-order valence-electron chi connectivity index (χ0n) is 12.3. The van der Waals surface area contributed by atoms with Gasteiger partial charge in [-0.15, -0.1) is 0 Å². The van der Waals surface area contributed by atoms with E-state index in [1.807, 2.05) is 0 Å². The number of amidine groups is 1. The third-order valence-electron chi connectivity index (χ3n) is 3.80. The summed E-state index contributed by atoms with van der Waals surface area (Å²) in [5.74, 6) is 0.261. The number of aliphatic imine (C=N–C) groups is 3. The van der Waals surface area contributed by atoms with E-state index < -0.39 is 45.1 Å². The van der Waals surface area contributed by atoms with Gasteiger partial charge in [0.25, 0.3) is 0 Å². The predicted molar refractivity (Wildman–Crippen MR) is 79.6 cm³/mol. The molecule has 5 N–H and O–H groups in total. The van der Waals surface area contributed by atoms with Crippen LogP contribution in [0.1, 0.15) is 0 Å². The van der Waals surface area contributed by atoms with Gasteiger partial charge in [-0.3, -0.25) is 14.5 Å². The normalized spacial score (nSPS) is 36.4. The molecule has 0 aromatic rings. The first kappa shape index (κ1) is 17.6. The summed E-state index contributed by atoms with van der Waals surface area (Å²) in [5, 5.41) is 30.1. The Hall–Kier alpha value is -1.24. The Balaban J connectivity index is 1.73. The molecule has 134 valence electrons. The Bertz CT molecular complexity index is 634. The number of aliphatic hydroxyl groups is 3. The summed E-state index contributed by atoms with van der Waals surface area (Å²) in [5.41, 5.74) is 0.299. The summed E-state index contributed by atoms with van der Waals surface area (Å²) in [6.07, 6.45) is -4.70. The molecule has 0 aliphatic carbocycles. The van der Waals surface area contributed by atoms with Gasteiger partial charge >= 0.3 is 7.82 Å². The number of hydrogen-bond acceptors (Lipinski definition) is 10. The average Bonchev–Trinajstić information content (AvgIpc) is 2.97. The summed E-state index contributed by atoms with van der Waals surface area (Å²) < 4.78 is 20.5. The second-order valence-corrected chi connectivity index (χ2v) is 6.68. The first-order chi connectivity index (χ1) is 11.3. The molecule has 0 radical (unpaired) electrons. The Morgan fingerprint density at radius 1 is 1.33 bits per heavy atom. The number of rotatable bonds is 4. The van der Waals surface area contributed by atoms with Crippen molar-refractivity contribution in [3.8, 4) is 0 Å². The van der Waals surface area contributed by atoms with E-state index in [9.17, 15) is 19.9 Å². The lowest BCUT2D eigenvalue weighted by Crippen LogP contribution is -2.48. The van der Waals surface area contributed by atoms with Gasteiger partial charge in [0.1, 0.15) is 43.1 Å². The predicted octanol–water partition coefficient (Wildman–Crippen LogP) is -2.94. The number of ether oxygens (including phenoxy) is 1. The van der Waals surface area contributed by atoms with Crippen LogP contribution in [0.25, 0.3) is 0 Å². The molecule has 0 unspecified atom stereocenters. The standard InChI is InChI=1S/C11H17N4O8P/c16-5-1-12-3-13-10-7(5)14-4-15(10)11-9(18)8(17)6(23-11)2-22-24(19,20)21/h3,5-6,8-9,11,16-18H,1-2,4H2,(H2,19,20,21)/t5-,6-,8-,9-,11-/m1/s1. The van der Waals surface area contributed by atoms with Crippen LogP contribution in [0, 0.1) is 0 Å². The molecule has 0 aromatic carbocycles. The van der Waals surface area contributed by atoms with Crippen molar-refractivity contribution in [1.82, 2.24) is 4.90 Å². The largest absolute Gasteiger partial charge is 0.469 e. The maximum Gasteiger partial charge on any atom is 0.469 e. The molecule has 0 amide bonds. The number of phosphoric ester groups is 1. The fourth-order valence-corrected chi connectivity index (χ4v) is 3.00. The zero-order valence-corrected chi connectivity index (χ0v) is 13.2. The number of phosphoric acid groups is 1. The van der Waals surface area contributed by atoms with Crippen molar-refractivity contribution in [2.75, 3.05) is 19.8 Å². The molecule has 0 bridgehead atoms. The van der Waals surface area contributed by atoms with Crippen LogP contribution in [0.4, 0.5) is 0 Å². The lowest BCUT2D eigenvalue weighted by atomic mass is 10.1. The highest BCUT2D eigenvalue weighted by Gasteiger charge is 2.49. The summed E-state index contributed by atoms with van der Waals surface area (Å²) in [7, 11) is -4.73. The molecular weight excluding hydrogens is 347 g/mol. The molecule has 0 spiro atoms. The van der Waals surface area contributed by atoms with Crippen molar-refractivity contribution in [2.45, 2.75) is 30.6 Å². The molecule has 1 fully saturated rings. The lowest BCUT2D eigenvalue weighted by molar-refractivity contribution is -0.0681. The van der Waals surface area contributed by atoms with Gasteiger partial charge in [-0.05, 0) is 0 Å². The summed E-state index contributed by atoms with van der Waals surface area (Å²) in [4.78, 5) is 31.0. The van der Waals surface area contributed by atoms with E-state index in [4.69, 9.17) is 14.5 Å². The Morgan fingerprint density at radius 2 is 2.08 bits per heavy atom. The molecule has 5 atom stereocenters. The van der Waals surface area contributed by atoms with Gasteiger partial charge in [-0.2, -0.15) is 0 Å². The maximum absolute atomic E-state index is 10.8. The maximum atomic E-state index is 10.8. The minimum Gasteiger partial charge on any atom is -0.387 e. The summed E-state index contributed by atoms with van der Waals surface area (Å²) in [6, 6.07) is 0. The van der Waals surface area contributed by atoms with E-state index in [2.05, 4.69) is 19.5 Å². The lowest BCUT2D eigenvalue weighted by Gasteiger charge is -2.27. The number of fused-ring (bicyclic) bond motifs is 1. The summed E-state index contributed by atoms with van der Waals surface area (Å²) in [6.45, 7) is -0.453. The molecule has 3 aliphatic rings. The van der Waals surface area contributed by atoms with E-state index in [1.54, 1.807) is 0 Å². The van der Waals surface area contributed by atoms with Crippen LogP contribution >= 0.6 is 7.82 Å². The van der Waals surface area contributed by atoms with Crippen LogP contribution in [0.2, 0.25) is 0 Å². The average molecular weight is 364 g/mol. The topological polar surface area (TPSA) is 177 Å². The fraction of sp³-hybridized carbons (Fsp3) is 0.727. The van der Waals surface area contributed by atoms with Crippen molar-refractivity contribution in [2.24, 2.45) is 15.0 Å². The number of nitrogens with zero attached hydrogens (tertiary/aromatic N) is 4. The van der Waals surface area contributed by atoms with Crippen molar-refractivity contribution >= 4 is 25.7 Å². The van der Waals surface area contributed by atoms with Crippen LogP contribution in [-0.4, -0.2) is 98.4 Å². The molecule has 0 saturated carbocycles. The molecule has 24 heavy (non-hydrogen) atoms. The zero-order chi connectivity index (χ0) is 17.5. The number of hydrogen-bond donors (Lipinski definition) is 5. The van der Waals surface area contributed by atoms with Crippen LogP contribution in [0.15, 0.2) is 15.0 Å². The highest BCUT2D eigenvalue weighted by Crippen LogP contribution is 2.37. The van der Waals surface area contributed by atoms with Crippen molar-refractivity contribution in [3.63, 3.8) is 0 Å². The Kier molecular flexibility index (Phi) is 4.82. The molecule has 0 aromatic heterocycles. The Labute approximate surface area is 136 Å². The molecule has 1 saturated heterocycles. The highest BCUT2D eigenvalue weighted by atomic mass is 31.2. The molecule has 13 heteroatoms. The molecular formula is C11H17N4O8P. The molecule has 3 heterocycles. The first-order valence-corrected chi connectivity index (χ1v) is 8.58. The van der Waals surface area contributed by atoms with Crippen LogP contribution in [0.3, 0.4) is 0 Å². The Morgan fingerprint density at radius 3 is 2.79 bits per heavy atom. The van der Waals surface area contributed by atoms with Gasteiger partial charge in [-0.1, -0.05) is 0 Å². The third kappa shape index (κ3) is 3.41. The van der Waals surface area contributed by atoms with Gasteiger partial charge in [0.05, 0.1) is 13.2 Å². The van der Waals surface area contributed by atoms with Crippen LogP contribution < -0.4 is 0 Å². The smallest absolute Gasteiger partial charge is 0.387 e. The van der Waals surface area contributed by atoms with E-state index in [1.165, 1.54) is 11.2 Å². The third-order valence-corrected chi connectivity index (χ3v) is 4.29. The van der Waals surface area contributed by atoms with Gasteiger partial charge in [-0.25, -0.2) is 9.56 Å². The van der Waals surface area contributed by atoms with Gasteiger partial charge in [0, 0.05) is 0 Å². The minimum absolute atomic E-state index is 0.0413. The van der Waals surface area contributed by atoms with Crippen LogP contribution in [0.5, 0.6) is 0 Å². The fourth-order valence-electron chi connectivity index (χ4n) is 2.66. The van der Waals surface area contributed by atoms with Crippen molar-refractivity contribution in [3.05, 3.63) is 0 Å². The first-order valence-electron chi connectivity index (χ1n) is 7.05. The second kappa shape index (κ2) is 6.58. The van der Waals surface area contributed by atoms with E-state index in [0.29, 0.717) is 5.71 Å². The van der Waals surface area contributed by atoms with E-state index in [0.717, 1.165) is 0 Å². The molecule has 3 rings (SSSR count). The number of aliphatic hydroxyl groups excluding tert-OH is 3. The molecule has 12 nitrogen and oxygen atoms in total. The van der Waals surface area contributed by atoms with E-state index in [-0.39, 0.29) is 19.0 Å². The van der Waals surface area contributed by atoms with Gasteiger partial charge < -0.3 is 34.7 Å². The molecule has 3 aliphatic heterocycles. The SMILES string of the molecule is O=P(O)(O)OC[C@H]1O[C@@H](N2CN=C3C2=NC=NC[C@H]3O)[C@H](O)[C@@H]1O. The quantitative estimate of drug-likeness (QED) is 0.326. The monoisotopic (exact) mass is 364 g/mol. The highest BCUT2D eigenvalue weighted by molar-refractivity contribution is 7.46. The van der Waals surface area contributed by atoms with Crippen molar-refractivity contribution < 1.29 is 38.9 Å². The van der Waals surface area contributed by atoms with Crippen LogP contribution in [-0.2, 0) is 13.8 Å².